The smallest absolute Gasteiger partial charge is 0.127 e. The van der Waals surface area contributed by atoms with Gasteiger partial charge in [0.25, 0.3) is 0 Å². The van der Waals surface area contributed by atoms with Gasteiger partial charge in [-0.25, -0.2) is 0 Å². The number of allylic oxidation sites excluding steroid dienone is 1. The van der Waals surface area contributed by atoms with E-state index in [0.717, 1.165) is 38.0 Å². The van der Waals surface area contributed by atoms with Gasteiger partial charge >= 0.3 is 0 Å². The summed E-state index contributed by atoms with van der Waals surface area (Å²) in [5.74, 6) is 1.53. The van der Waals surface area contributed by atoms with Crippen LogP contribution in [0.5, 0.6) is 11.5 Å². The molecule has 1 aromatic carbocycles. The summed E-state index contributed by atoms with van der Waals surface area (Å²) >= 11 is 0. The van der Waals surface area contributed by atoms with Crippen LogP contribution < -0.4 is 4.74 Å². The average Bonchev–Trinajstić information content (AvgIpc) is 2.63. The molecule has 0 radical (unpaired) electrons. The quantitative estimate of drug-likeness (QED) is 0.519. The molecule has 3 atom stereocenters. The molecule has 26 heavy (non-hydrogen) atoms. The summed E-state index contributed by atoms with van der Waals surface area (Å²) < 4.78 is 10.7. The van der Waals surface area contributed by atoms with Gasteiger partial charge in [-0.15, -0.1) is 0 Å². The van der Waals surface area contributed by atoms with E-state index in [4.69, 9.17) is 9.47 Å². The number of phenols is 1. The number of rotatable bonds is 9. The molecule has 0 amide bonds. The van der Waals surface area contributed by atoms with Crippen molar-refractivity contribution in [1.82, 2.24) is 4.90 Å². The zero-order valence-corrected chi connectivity index (χ0v) is 16.2. The highest BCUT2D eigenvalue weighted by molar-refractivity contribution is 5.40. The fourth-order valence-electron chi connectivity index (χ4n) is 3.66. The minimum atomic E-state index is -0.454. The first-order chi connectivity index (χ1) is 12.5. The fourth-order valence-corrected chi connectivity index (χ4v) is 3.66. The van der Waals surface area contributed by atoms with Crippen LogP contribution in [-0.4, -0.2) is 48.2 Å². The lowest BCUT2D eigenvalue weighted by molar-refractivity contribution is -0.0755. The number of aliphatic hydroxyl groups excluding tert-OH is 1. The Labute approximate surface area is 157 Å². The van der Waals surface area contributed by atoms with Gasteiger partial charge < -0.3 is 19.7 Å². The second-order valence-electron chi connectivity index (χ2n) is 7.08. The molecule has 1 aromatic rings. The molecule has 5 heteroatoms. The Hall–Kier alpha value is -1.56. The van der Waals surface area contributed by atoms with Crippen molar-refractivity contribution >= 4 is 0 Å². The number of benzene rings is 1. The SMILES string of the molecule is CCOC/C=C/[C@@H](C)C[C@@H]1CCCN(Cc2ccc(O)cc2OC)C1O. The van der Waals surface area contributed by atoms with E-state index in [1.165, 1.54) is 0 Å². The Morgan fingerprint density at radius 3 is 2.92 bits per heavy atom. The van der Waals surface area contributed by atoms with Crippen molar-refractivity contribution < 1.29 is 19.7 Å². The highest BCUT2D eigenvalue weighted by atomic mass is 16.5. The molecule has 1 aliphatic heterocycles. The molecule has 2 N–H and O–H groups in total. The molecule has 0 saturated carbocycles. The van der Waals surface area contributed by atoms with Crippen molar-refractivity contribution in [3.63, 3.8) is 0 Å². The molecular formula is C21H33NO4. The molecule has 0 aromatic heterocycles. The molecule has 5 nitrogen and oxygen atoms in total. The monoisotopic (exact) mass is 363 g/mol. The summed E-state index contributed by atoms with van der Waals surface area (Å²) in [4.78, 5) is 2.11. The van der Waals surface area contributed by atoms with E-state index in [0.29, 0.717) is 24.8 Å². The maximum atomic E-state index is 10.9. The number of hydrogen-bond donors (Lipinski definition) is 2. The van der Waals surface area contributed by atoms with Crippen molar-refractivity contribution in [3.05, 3.63) is 35.9 Å². The highest BCUT2D eigenvalue weighted by Gasteiger charge is 2.30. The lowest BCUT2D eigenvalue weighted by Gasteiger charge is -2.39. The van der Waals surface area contributed by atoms with Gasteiger partial charge in [-0.1, -0.05) is 25.1 Å². The minimum Gasteiger partial charge on any atom is -0.508 e. The van der Waals surface area contributed by atoms with Crippen molar-refractivity contribution in [2.45, 2.75) is 45.9 Å². The van der Waals surface area contributed by atoms with Gasteiger partial charge in [-0.3, -0.25) is 4.90 Å². The Morgan fingerprint density at radius 2 is 2.19 bits per heavy atom. The van der Waals surface area contributed by atoms with Crippen molar-refractivity contribution in [1.29, 1.82) is 0 Å². The summed E-state index contributed by atoms with van der Waals surface area (Å²) in [6, 6.07) is 5.15. The average molecular weight is 363 g/mol. The van der Waals surface area contributed by atoms with E-state index in [-0.39, 0.29) is 11.7 Å². The van der Waals surface area contributed by atoms with Crippen molar-refractivity contribution in [2.24, 2.45) is 11.8 Å². The zero-order valence-electron chi connectivity index (χ0n) is 16.2. The van der Waals surface area contributed by atoms with E-state index in [1.807, 2.05) is 13.0 Å². The first-order valence-electron chi connectivity index (χ1n) is 9.57. The highest BCUT2D eigenvalue weighted by Crippen LogP contribution is 2.31. The van der Waals surface area contributed by atoms with Crippen LogP contribution in [0.3, 0.4) is 0 Å². The van der Waals surface area contributed by atoms with E-state index in [1.54, 1.807) is 19.2 Å². The van der Waals surface area contributed by atoms with E-state index in [9.17, 15) is 10.2 Å². The van der Waals surface area contributed by atoms with Crippen LogP contribution >= 0.6 is 0 Å². The van der Waals surface area contributed by atoms with Crippen molar-refractivity contribution in [2.75, 3.05) is 26.9 Å². The molecule has 1 unspecified atom stereocenters. The summed E-state index contributed by atoms with van der Waals surface area (Å²) in [6.45, 7) is 7.06. The fraction of sp³-hybridized carbons (Fsp3) is 0.619. The van der Waals surface area contributed by atoms with Gasteiger partial charge in [0, 0.05) is 31.3 Å². The number of hydrogen-bond acceptors (Lipinski definition) is 5. The Balaban J connectivity index is 1.94. The normalized spacial score (nSPS) is 22.6. The second-order valence-corrected chi connectivity index (χ2v) is 7.08. The number of aliphatic hydroxyl groups is 1. The third-order valence-corrected chi connectivity index (χ3v) is 5.02. The molecule has 1 aliphatic rings. The number of nitrogens with zero attached hydrogens (tertiary/aromatic N) is 1. The predicted molar refractivity (Wildman–Crippen MR) is 103 cm³/mol. The van der Waals surface area contributed by atoms with Gasteiger partial charge in [0.05, 0.1) is 13.7 Å². The molecule has 0 bridgehead atoms. The predicted octanol–water partition coefficient (Wildman–Crippen LogP) is 3.55. The molecule has 1 heterocycles. The summed E-state index contributed by atoms with van der Waals surface area (Å²) in [7, 11) is 1.60. The molecule has 2 rings (SSSR count). The molecule has 146 valence electrons. The first kappa shape index (κ1) is 20.7. The lowest BCUT2D eigenvalue weighted by atomic mass is 9.87. The maximum Gasteiger partial charge on any atom is 0.127 e. The summed E-state index contributed by atoms with van der Waals surface area (Å²) in [5.41, 5.74) is 0.981. The number of phenolic OH excluding ortho intramolecular Hbond substituents is 1. The molecular weight excluding hydrogens is 330 g/mol. The topological polar surface area (TPSA) is 62.2 Å². The Morgan fingerprint density at radius 1 is 1.38 bits per heavy atom. The Bertz CT molecular complexity index is 575. The molecule has 1 fully saturated rings. The first-order valence-corrected chi connectivity index (χ1v) is 9.57. The van der Waals surface area contributed by atoms with Crippen LogP contribution in [0.15, 0.2) is 30.4 Å². The number of aromatic hydroxyl groups is 1. The van der Waals surface area contributed by atoms with Crippen LogP contribution in [0.1, 0.15) is 38.7 Å². The van der Waals surface area contributed by atoms with E-state index >= 15 is 0 Å². The summed E-state index contributed by atoms with van der Waals surface area (Å²) in [6.07, 6.45) is 6.90. The zero-order chi connectivity index (χ0) is 18.9. The van der Waals surface area contributed by atoms with E-state index in [2.05, 4.69) is 24.0 Å². The minimum absolute atomic E-state index is 0.190. The largest absolute Gasteiger partial charge is 0.508 e. The van der Waals surface area contributed by atoms with Crippen LogP contribution in [0, 0.1) is 11.8 Å². The van der Waals surface area contributed by atoms with Gasteiger partial charge in [-0.2, -0.15) is 0 Å². The van der Waals surface area contributed by atoms with Crippen LogP contribution in [0.25, 0.3) is 0 Å². The van der Waals surface area contributed by atoms with Gasteiger partial charge in [-0.05, 0) is 44.1 Å². The third-order valence-electron chi connectivity index (χ3n) is 5.02. The van der Waals surface area contributed by atoms with Crippen LogP contribution in [0.4, 0.5) is 0 Å². The standard InChI is InChI=1S/C21H33NO4/c1-4-26-12-6-7-16(2)13-17-8-5-11-22(21(17)24)15-18-9-10-19(23)14-20(18)25-3/h6-7,9-10,14,16-17,21,23-24H,4-5,8,11-13,15H2,1-3H3/b7-6+/t16-,17+,21?/m1/s1. The van der Waals surface area contributed by atoms with Gasteiger partial charge in [0.1, 0.15) is 17.7 Å². The van der Waals surface area contributed by atoms with Crippen molar-refractivity contribution in [3.8, 4) is 11.5 Å². The number of methoxy groups -OCH3 is 1. The molecule has 0 aliphatic carbocycles. The van der Waals surface area contributed by atoms with Gasteiger partial charge in [0.15, 0.2) is 0 Å². The van der Waals surface area contributed by atoms with E-state index < -0.39 is 6.23 Å². The summed E-state index contributed by atoms with van der Waals surface area (Å²) in [5, 5.41) is 20.5. The third kappa shape index (κ3) is 6.01. The Kier molecular flexibility index (Phi) is 8.42. The molecule has 0 spiro atoms. The van der Waals surface area contributed by atoms with Crippen LogP contribution in [0.2, 0.25) is 0 Å². The number of ether oxygens (including phenoxy) is 2. The second kappa shape index (κ2) is 10.6. The number of piperidine rings is 1. The van der Waals surface area contributed by atoms with Crippen LogP contribution in [-0.2, 0) is 11.3 Å². The lowest BCUT2D eigenvalue weighted by Crippen LogP contribution is -2.45. The van der Waals surface area contributed by atoms with Gasteiger partial charge in [0.2, 0.25) is 0 Å². The number of likely N-dealkylation sites (tertiary alicyclic amines) is 1. The molecule has 1 saturated heterocycles. The maximum absolute atomic E-state index is 10.9.